The lowest BCUT2D eigenvalue weighted by Gasteiger charge is -2.20. The highest BCUT2D eigenvalue weighted by atomic mass is 32.2. The van der Waals surface area contributed by atoms with Gasteiger partial charge in [-0.2, -0.15) is 0 Å². The zero-order chi connectivity index (χ0) is 56.7. The maximum atomic E-state index is 14.5. The molecule has 0 aromatic heterocycles. The second-order valence-corrected chi connectivity index (χ2v) is 18.4. The van der Waals surface area contributed by atoms with E-state index in [0.717, 1.165) is 52.1 Å². The van der Waals surface area contributed by atoms with Crippen LogP contribution in [0.1, 0.15) is 60.7 Å². The number of nitrogens with one attached hydrogen (secondary N) is 2. The minimum atomic E-state index is -4.80. The summed E-state index contributed by atoms with van der Waals surface area (Å²) < 4.78 is 89.0. The van der Waals surface area contributed by atoms with Gasteiger partial charge in [0, 0.05) is 32.3 Å². The number of hydrogen-bond acceptors (Lipinski definition) is 15. The molecule has 15 nitrogen and oxygen atoms in total. The van der Waals surface area contributed by atoms with Crippen molar-refractivity contribution in [3.8, 4) is 17.2 Å². The van der Waals surface area contributed by atoms with Gasteiger partial charge in [0.1, 0.15) is 61.6 Å². The first-order valence-corrected chi connectivity index (χ1v) is 25.6. The van der Waals surface area contributed by atoms with Crippen molar-refractivity contribution in [2.45, 2.75) is 48.8 Å². The standard InChI is InChI=1S/C28H28FNO6S.C22H24F3NO6S.C7H6O/c1-19-6-5-7-21(14-19)28(33)36-18-35-25(23-8-3-4-9-24(23)29)16-34-22-12-10-20(11-13-22)15-26(37-17-31)27(32)30-2;1-26-21(28)20(33-13-27)10-15-6-8-17(9-7-15)30-12-19(31-14-29-2)16-4-3-5-18(11-16)32-22(23,24)25;8-6-7-4-2-1-3-5-7/h3-14,17,25-26H,15-16,18H2,1-2H3,(H,30,32);3-9,11,13,19-20H,10,12,14H2,1-2H3,(H,26,28);1-6H. The molecule has 6 rings (SSSR count). The molecule has 4 atom stereocenters. The van der Waals surface area contributed by atoms with Crippen molar-refractivity contribution in [1.82, 2.24) is 10.6 Å². The number of esters is 1. The van der Waals surface area contributed by atoms with Crippen LogP contribution in [0.4, 0.5) is 17.6 Å². The minimum absolute atomic E-state index is 0.0000369. The van der Waals surface area contributed by atoms with Gasteiger partial charge in [-0.05, 0) is 91.1 Å². The van der Waals surface area contributed by atoms with E-state index in [4.69, 9.17) is 28.4 Å². The molecule has 6 aromatic rings. The van der Waals surface area contributed by atoms with E-state index >= 15 is 0 Å². The van der Waals surface area contributed by atoms with Gasteiger partial charge >= 0.3 is 12.3 Å². The van der Waals surface area contributed by atoms with Crippen LogP contribution in [0.3, 0.4) is 0 Å². The summed E-state index contributed by atoms with van der Waals surface area (Å²) in [4.78, 5) is 67.8. The molecule has 0 radical (unpaired) electrons. The summed E-state index contributed by atoms with van der Waals surface area (Å²) in [6.07, 6.45) is -4.80. The molecule has 4 unspecified atom stereocenters. The molecule has 2 N–H and O–H groups in total. The molecule has 0 aliphatic carbocycles. The number of aldehydes is 1. The molecule has 78 heavy (non-hydrogen) atoms. The van der Waals surface area contributed by atoms with Crippen molar-refractivity contribution in [3.63, 3.8) is 0 Å². The van der Waals surface area contributed by atoms with Crippen molar-refractivity contribution < 1.29 is 79.5 Å². The molecule has 0 saturated carbocycles. The number of alkyl halides is 3. The van der Waals surface area contributed by atoms with Gasteiger partial charge < -0.3 is 43.8 Å². The SMILES string of the molecule is CNC(=O)C(Cc1ccc(OCC(OCOC(=O)c2cccc(C)c2)c2ccccc2F)cc1)SC=O.CNC(=O)C(Cc1ccc(OCC(OCOC)c2cccc(OC(F)(F)F)c2)cc1)SC=O.O=Cc1ccccc1. The summed E-state index contributed by atoms with van der Waals surface area (Å²) in [5.41, 5.74) is 5.69. The molecular formula is C57H58F4N2O13S2. The van der Waals surface area contributed by atoms with Gasteiger partial charge in [0.15, 0.2) is 18.0 Å². The summed E-state index contributed by atoms with van der Waals surface area (Å²) >= 11 is 1.82. The largest absolute Gasteiger partial charge is 0.573 e. The van der Waals surface area contributed by atoms with Gasteiger partial charge in [0.2, 0.25) is 11.8 Å². The highest BCUT2D eigenvalue weighted by Crippen LogP contribution is 2.29. The molecule has 0 bridgehead atoms. The molecular weight excluding hydrogens is 1060 g/mol. The predicted molar refractivity (Wildman–Crippen MR) is 288 cm³/mol. The van der Waals surface area contributed by atoms with Crippen molar-refractivity contribution in [2.75, 3.05) is 48.0 Å². The molecule has 0 aliphatic heterocycles. The Morgan fingerprint density at radius 2 is 1.15 bits per heavy atom. The zero-order valence-electron chi connectivity index (χ0n) is 42.9. The summed E-state index contributed by atoms with van der Waals surface area (Å²) in [7, 11) is 4.45. The number of aryl methyl sites for hydroxylation is 1. The maximum absolute atomic E-state index is 14.5. The van der Waals surface area contributed by atoms with Crippen LogP contribution in [-0.4, -0.2) is 100 Å². The van der Waals surface area contributed by atoms with Gasteiger partial charge in [0.05, 0.1) is 16.1 Å². The Labute approximate surface area is 457 Å². The van der Waals surface area contributed by atoms with Crippen molar-refractivity contribution in [2.24, 2.45) is 0 Å². The number of carbonyl (C=O) groups is 6. The number of ether oxygens (including phenoxy) is 7. The van der Waals surface area contributed by atoms with Crippen molar-refractivity contribution in [3.05, 3.63) is 196 Å². The molecule has 6 aromatic carbocycles. The number of rotatable bonds is 27. The smallest absolute Gasteiger partial charge is 0.491 e. The Kier molecular flexibility index (Phi) is 27.7. The highest BCUT2D eigenvalue weighted by molar-refractivity contribution is 8.13. The first kappa shape index (κ1) is 63.0. The molecule has 414 valence electrons. The third-order valence-corrected chi connectivity index (χ3v) is 12.4. The average Bonchev–Trinajstić information content (AvgIpc) is 3.44. The second kappa shape index (κ2) is 34.3. The number of carbonyl (C=O) groups excluding carboxylic acids is 6. The summed E-state index contributed by atoms with van der Waals surface area (Å²) in [6.45, 7) is 1.36. The number of halogens is 4. The molecule has 21 heteroatoms. The fourth-order valence-corrected chi connectivity index (χ4v) is 8.23. The Balaban J connectivity index is 0.000000295. The Hall–Kier alpha value is -7.56. The molecule has 0 saturated heterocycles. The molecule has 0 spiro atoms. The van der Waals surface area contributed by atoms with Crippen LogP contribution in [-0.2, 0) is 51.0 Å². The van der Waals surface area contributed by atoms with E-state index in [0.29, 0.717) is 46.7 Å². The van der Waals surface area contributed by atoms with Crippen LogP contribution in [0.25, 0.3) is 0 Å². The van der Waals surface area contributed by atoms with E-state index in [-0.39, 0.29) is 49.9 Å². The minimum Gasteiger partial charge on any atom is -0.491 e. The van der Waals surface area contributed by atoms with Crippen LogP contribution in [0, 0.1) is 12.7 Å². The van der Waals surface area contributed by atoms with Gasteiger partial charge in [-0.15, -0.1) is 13.2 Å². The Bertz CT molecular complexity index is 2790. The van der Waals surface area contributed by atoms with Crippen LogP contribution >= 0.6 is 23.5 Å². The Morgan fingerprint density at radius 1 is 0.615 bits per heavy atom. The van der Waals surface area contributed by atoms with Crippen LogP contribution in [0.2, 0.25) is 0 Å². The van der Waals surface area contributed by atoms with E-state index in [2.05, 4.69) is 15.4 Å². The van der Waals surface area contributed by atoms with E-state index in [9.17, 15) is 46.3 Å². The van der Waals surface area contributed by atoms with Crippen LogP contribution < -0.4 is 24.8 Å². The van der Waals surface area contributed by atoms with Gasteiger partial charge in [-0.3, -0.25) is 24.0 Å². The number of benzene rings is 6. The summed E-state index contributed by atoms with van der Waals surface area (Å²) in [5, 5.41) is 4.00. The lowest BCUT2D eigenvalue weighted by Crippen LogP contribution is -2.31. The number of methoxy groups -OCH3 is 1. The third-order valence-electron chi connectivity index (χ3n) is 10.8. The molecule has 2 amide bonds. The quantitative estimate of drug-likeness (QED) is 0.0214. The fourth-order valence-electron chi connectivity index (χ4n) is 6.90. The van der Waals surface area contributed by atoms with Gasteiger partial charge in [-0.25, -0.2) is 9.18 Å². The average molecular weight is 1120 g/mol. The lowest BCUT2D eigenvalue weighted by atomic mass is 10.1. The van der Waals surface area contributed by atoms with E-state index < -0.39 is 40.9 Å². The number of thioether (sulfide) groups is 2. The predicted octanol–water partition coefficient (Wildman–Crippen LogP) is 10.1. The zero-order valence-corrected chi connectivity index (χ0v) is 44.5. The van der Waals surface area contributed by atoms with Crippen molar-refractivity contribution >= 4 is 58.8 Å². The second-order valence-electron chi connectivity index (χ2n) is 16.3. The van der Waals surface area contributed by atoms with E-state index in [1.54, 1.807) is 103 Å². The molecule has 0 fully saturated rings. The molecule has 0 heterocycles. The van der Waals surface area contributed by atoms with Gasteiger partial charge in [-0.1, -0.05) is 126 Å². The third kappa shape index (κ3) is 23.0. The maximum Gasteiger partial charge on any atom is 0.573 e. The summed E-state index contributed by atoms with van der Waals surface area (Å²) in [5.74, 6) is -0.862. The van der Waals surface area contributed by atoms with Crippen LogP contribution in [0.5, 0.6) is 17.2 Å². The van der Waals surface area contributed by atoms with Crippen molar-refractivity contribution in [1.29, 1.82) is 0 Å². The summed E-state index contributed by atoms with van der Waals surface area (Å²) in [6, 6.07) is 41.6. The van der Waals surface area contributed by atoms with Crippen LogP contribution in [0.15, 0.2) is 152 Å². The highest BCUT2D eigenvalue weighted by Gasteiger charge is 2.31. The first-order valence-electron chi connectivity index (χ1n) is 23.7. The number of amides is 2. The monoisotopic (exact) mass is 1120 g/mol. The first-order chi connectivity index (χ1) is 37.6. The van der Waals surface area contributed by atoms with E-state index in [1.165, 1.54) is 45.5 Å². The normalized spacial score (nSPS) is 12.3. The molecule has 0 aliphatic rings. The topological polar surface area (TPSA) is 191 Å². The Morgan fingerprint density at radius 3 is 1.65 bits per heavy atom. The van der Waals surface area contributed by atoms with E-state index in [1.807, 2.05) is 31.2 Å². The lowest BCUT2D eigenvalue weighted by molar-refractivity contribution is -0.274. The number of hydrogen-bond donors (Lipinski definition) is 2. The fraction of sp³-hybridized carbons (Fsp3) is 0.263. The van der Waals surface area contributed by atoms with Gasteiger partial charge in [0.25, 0.3) is 0 Å².